The molecule has 1 aromatic carbocycles. The van der Waals surface area contributed by atoms with Crippen LogP contribution in [0.1, 0.15) is 5.69 Å². The molecule has 2 N–H and O–H groups in total. The normalized spacial score (nSPS) is 11.3. The van der Waals surface area contributed by atoms with Crippen LogP contribution in [0.3, 0.4) is 0 Å². The van der Waals surface area contributed by atoms with Crippen molar-refractivity contribution in [2.75, 3.05) is 17.7 Å². The largest absolute Gasteiger partial charge is 0.433 e. The number of nitrogens with zero attached hydrogens (tertiary/aromatic N) is 2. The van der Waals surface area contributed by atoms with Gasteiger partial charge in [0.15, 0.2) is 5.69 Å². The lowest BCUT2D eigenvalue weighted by Crippen LogP contribution is -2.12. The first-order valence-corrected chi connectivity index (χ1v) is 6.73. The molecule has 1 aromatic heterocycles. The lowest BCUT2D eigenvalue weighted by Gasteiger charge is -2.12. The highest BCUT2D eigenvalue weighted by molar-refractivity contribution is 14.1. The fourth-order valence-electron chi connectivity index (χ4n) is 1.50. The summed E-state index contributed by atoms with van der Waals surface area (Å²) in [6.07, 6.45) is -4.58. The Balaban J connectivity index is 2.39. The Bertz CT molecular complexity index is 660. The fraction of sp³-hybridized carbons (Fsp3) is 0.167. The van der Waals surface area contributed by atoms with Gasteiger partial charge in [-0.2, -0.15) is 18.2 Å². The second-order valence-corrected chi connectivity index (χ2v) is 5.12. The summed E-state index contributed by atoms with van der Waals surface area (Å²) in [6, 6.07) is 4.68. The number of alkyl halides is 3. The zero-order valence-corrected chi connectivity index (χ0v) is 12.8. The van der Waals surface area contributed by atoms with E-state index in [4.69, 9.17) is 0 Å². The Morgan fingerprint density at radius 1 is 1.14 bits per heavy atom. The fourth-order valence-corrected chi connectivity index (χ4v) is 2.11. The third-order valence-electron chi connectivity index (χ3n) is 2.43. The molecule has 0 aliphatic carbocycles. The standard InChI is InChI=1S/C12H9F4IN4/c1-18-11-20-9(12(14,15)16)5-10(21-11)19-8-3-2-6(13)4-7(8)17/h2-5H,1H3,(H2,18,19,20,21). The van der Waals surface area contributed by atoms with Crippen LogP contribution in [0.25, 0.3) is 0 Å². The minimum absolute atomic E-state index is 0.0359. The molecule has 0 saturated carbocycles. The van der Waals surface area contributed by atoms with E-state index in [-0.39, 0.29) is 11.8 Å². The average molecular weight is 412 g/mol. The summed E-state index contributed by atoms with van der Waals surface area (Å²) < 4.78 is 51.8. The summed E-state index contributed by atoms with van der Waals surface area (Å²) in [5.74, 6) is -0.629. The topological polar surface area (TPSA) is 49.8 Å². The smallest absolute Gasteiger partial charge is 0.357 e. The van der Waals surface area contributed by atoms with Gasteiger partial charge in [-0.1, -0.05) is 0 Å². The van der Waals surface area contributed by atoms with E-state index in [1.165, 1.54) is 25.2 Å². The van der Waals surface area contributed by atoms with E-state index in [1.807, 2.05) is 22.6 Å². The molecule has 0 bridgehead atoms. The molecule has 0 saturated heterocycles. The molecule has 0 atom stereocenters. The van der Waals surface area contributed by atoms with Crippen molar-refractivity contribution in [3.8, 4) is 0 Å². The van der Waals surface area contributed by atoms with Crippen molar-refractivity contribution in [2.24, 2.45) is 0 Å². The van der Waals surface area contributed by atoms with Gasteiger partial charge in [0.05, 0.1) is 5.69 Å². The van der Waals surface area contributed by atoms with E-state index in [0.717, 1.165) is 6.07 Å². The SMILES string of the molecule is CNc1nc(Nc2ccc(F)cc2I)cc(C(F)(F)F)n1. The van der Waals surface area contributed by atoms with Gasteiger partial charge in [0.2, 0.25) is 5.95 Å². The molecule has 2 aromatic rings. The zero-order chi connectivity index (χ0) is 15.6. The highest BCUT2D eigenvalue weighted by atomic mass is 127. The van der Waals surface area contributed by atoms with Crippen LogP contribution in [0.5, 0.6) is 0 Å². The Morgan fingerprint density at radius 2 is 1.86 bits per heavy atom. The molecule has 1 heterocycles. The number of halogens is 5. The monoisotopic (exact) mass is 412 g/mol. The highest BCUT2D eigenvalue weighted by Gasteiger charge is 2.33. The van der Waals surface area contributed by atoms with Gasteiger partial charge in [0, 0.05) is 16.7 Å². The quantitative estimate of drug-likeness (QED) is 0.591. The summed E-state index contributed by atoms with van der Waals surface area (Å²) in [5, 5.41) is 5.19. The average Bonchev–Trinajstić information content (AvgIpc) is 2.40. The molecular weight excluding hydrogens is 403 g/mol. The van der Waals surface area contributed by atoms with E-state index < -0.39 is 17.7 Å². The van der Waals surface area contributed by atoms with Crippen LogP contribution >= 0.6 is 22.6 Å². The van der Waals surface area contributed by atoms with Gasteiger partial charge in [0.25, 0.3) is 0 Å². The van der Waals surface area contributed by atoms with Gasteiger partial charge in [-0.15, -0.1) is 0 Å². The molecule has 0 aliphatic heterocycles. The summed E-state index contributed by atoms with van der Waals surface area (Å²) in [5.41, 5.74) is -0.618. The van der Waals surface area contributed by atoms with Gasteiger partial charge in [-0.25, -0.2) is 9.37 Å². The minimum Gasteiger partial charge on any atom is -0.357 e. The van der Waals surface area contributed by atoms with Gasteiger partial charge in [-0.3, -0.25) is 0 Å². The molecule has 0 unspecified atom stereocenters. The molecule has 0 fully saturated rings. The van der Waals surface area contributed by atoms with Crippen molar-refractivity contribution in [2.45, 2.75) is 6.18 Å². The van der Waals surface area contributed by atoms with Crippen LogP contribution in [-0.2, 0) is 6.18 Å². The molecule has 2 rings (SSSR count). The maximum atomic E-state index is 13.0. The van der Waals surface area contributed by atoms with E-state index in [1.54, 1.807) is 0 Å². The Morgan fingerprint density at radius 3 is 2.43 bits per heavy atom. The predicted octanol–water partition coefficient (Wildman–Crippen LogP) is 4.02. The zero-order valence-electron chi connectivity index (χ0n) is 10.6. The third kappa shape index (κ3) is 3.93. The molecule has 21 heavy (non-hydrogen) atoms. The summed E-state index contributed by atoms with van der Waals surface area (Å²) >= 11 is 1.87. The van der Waals surface area contributed by atoms with Gasteiger partial charge < -0.3 is 10.6 Å². The van der Waals surface area contributed by atoms with Crippen LogP contribution in [0.4, 0.5) is 35.0 Å². The van der Waals surface area contributed by atoms with Crippen molar-refractivity contribution >= 4 is 40.0 Å². The molecule has 112 valence electrons. The summed E-state index contributed by atoms with van der Waals surface area (Å²) in [6.45, 7) is 0. The number of rotatable bonds is 3. The van der Waals surface area contributed by atoms with Crippen LogP contribution < -0.4 is 10.6 Å². The first kappa shape index (κ1) is 15.7. The van der Waals surface area contributed by atoms with Gasteiger partial charge in [-0.05, 0) is 40.8 Å². The minimum atomic E-state index is -4.58. The van der Waals surface area contributed by atoms with Crippen molar-refractivity contribution < 1.29 is 17.6 Å². The molecule has 9 heteroatoms. The van der Waals surface area contributed by atoms with Crippen molar-refractivity contribution in [1.82, 2.24) is 9.97 Å². The van der Waals surface area contributed by atoms with E-state index >= 15 is 0 Å². The molecule has 0 amide bonds. The van der Waals surface area contributed by atoms with Crippen LogP contribution in [-0.4, -0.2) is 17.0 Å². The maximum absolute atomic E-state index is 13.0. The predicted molar refractivity (Wildman–Crippen MR) is 79.0 cm³/mol. The van der Waals surface area contributed by atoms with Crippen LogP contribution in [0, 0.1) is 9.39 Å². The van der Waals surface area contributed by atoms with Crippen LogP contribution in [0.15, 0.2) is 24.3 Å². The summed E-state index contributed by atoms with van der Waals surface area (Å²) in [4.78, 5) is 7.25. The van der Waals surface area contributed by atoms with Crippen molar-refractivity contribution in [3.63, 3.8) is 0 Å². The number of hydrogen-bond acceptors (Lipinski definition) is 4. The molecule has 4 nitrogen and oxygen atoms in total. The summed E-state index contributed by atoms with van der Waals surface area (Å²) in [7, 11) is 1.42. The van der Waals surface area contributed by atoms with Crippen molar-refractivity contribution in [1.29, 1.82) is 0 Å². The number of nitrogens with one attached hydrogen (secondary N) is 2. The molecule has 0 spiro atoms. The lowest BCUT2D eigenvalue weighted by atomic mass is 10.3. The molecular formula is C12H9F4IN4. The van der Waals surface area contributed by atoms with Gasteiger partial charge >= 0.3 is 6.18 Å². The first-order chi connectivity index (χ1) is 9.79. The van der Waals surface area contributed by atoms with E-state index in [9.17, 15) is 17.6 Å². The lowest BCUT2D eigenvalue weighted by molar-refractivity contribution is -0.141. The maximum Gasteiger partial charge on any atom is 0.433 e. The Labute approximate surface area is 131 Å². The second kappa shape index (κ2) is 6.00. The number of anilines is 3. The third-order valence-corrected chi connectivity index (χ3v) is 3.33. The van der Waals surface area contributed by atoms with E-state index in [2.05, 4.69) is 20.6 Å². The van der Waals surface area contributed by atoms with E-state index in [0.29, 0.717) is 9.26 Å². The van der Waals surface area contributed by atoms with Crippen LogP contribution in [0.2, 0.25) is 0 Å². The molecule has 0 aliphatic rings. The molecule has 0 radical (unpaired) electrons. The highest BCUT2D eigenvalue weighted by Crippen LogP contribution is 2.31. The number of benzene rings is 1. The Kier molecular flexibility index (Phi) is 4.49. The second-order valence-electron chi connectivity index (χ2n) is 3.96. The number of aromatic nitrogens is 2. The Hall–Kier alpha value is -1.65. The van der Waals surface area contributed by atoms with Gasteiger partial charge in [0.1, 0.15) is 11.6 Å². The van der Waals surface area contributed by atoms with Crippen molar-refractivity contribution in [3.05, 3.63) is 39.3 Å². The number of hydrogen-bond donors (Lipinski definition) is 2. The first-order valence-electron chi connectivity index (χ1n) is 5.65.